The Morgan fingerprint density at radius 1 is 1.32 bits per heavy atom. The standard InChI is InChI=1S/C21H26ClN3O3/c1-27-12-9-24-21(26)17-4-5-20(19(22)13-17)28-18-6-10-25(11-7-18)15-16-3-2-8-23-14-16/h2-5,8,13-14,18H,6-7,9-12,15H2,1H3,(H,24,26). The topological polar surface area (TPSA) is 63.7 Å². The van der Waals surface area contributed by atoms with E-state index in [0.717, 1.165) is 32.5 Å². The molecular formula is C21H26ClN3O3. The lowest BCUT2D eigenvalue weighted by atomic mass is 10.1. The number of pyridine rings is 1. The van der Waals surface area contributed by atoms with Gasteiger partial charge in [-0.25, -0.2) is 0 Å². The molecule has 0 saturated carbocycles. The summed E-state index contributed by atoms with van der Waals surface area (Å²) in [5.41, 5.74) is 1.74. The molecule has 0 bridgehead atoms. The van der Waals surface area contributed by atoms with Crippen LogP contribution < -0.4 is 10.1 Å². The minimum absolute atomic E-state index is 0.129. The Morgan fingerprint density at radius 3 is 2.82 bits per heavy atom. The van der Waals surface area contributed by atoms with E-state index < -0.39 is 0 Å². The van der Waals surface area contributed by atoms with E-state index in [4.69, 9.17) is 21.1 Å². The van der Waals surface area contributed by atoms with Crippen LogP contribution in [-0.4, -0.2) is 55.2 Å². The molecule has 0 spiro atoms. The summed E-state index contributed by atoms with van der Waals surface area (Å²) in [6, 6.07) is 9.23. The highest BCUT2D eigenvalue weighted by molar-refractivity contribution is 6.32. The number of piperidine rings is 1. The number of benzene rings is 1. The van der Waals surface area contributed by atoms with Crippen molar-refractivity contribution in [2.45, 2.75) is 25.5 Å². The number of nitrogens with zero attached hydrogens (tertiary/aromatic N) is 2. The Balaban J connectivity index is 1.48. The van der Waals surface area contributed by atoms with E-state index in [1.165, 1.54) is 5.56 Å². The molecule has 28 heavy (non-hydrogen) atoms. The molecule has 1 aromatic heterocycles. The van der Waals surface area contributed by atoms with Gasteiger partial charge in [-0.1, -0.05) is 17.7 Å². The summed E-state index contributed by atoms with van der Waals surface area (Å²) in [6.45, 7) is 3.78. The minimum atomic E-state index is -0.172. The van der Waals surface area contributed by atoms with E-state index in [0.29, 0.717) is 29.5 Å². The van der Waals surface area contributed by atoms with Crippen LogP contribution in [0, 0.1) is 0 Å². The first-order valence-corrected chi connectivity index (χ1v) is 9.88. The number of hydrogen-bond acceptors (Lipinski definition) is 5. The molecule has 1 aliphatic rings. The quantitative estimate of drug-likeness (QED) is 0.686. The summed E-state index contributed by atoms with van der Waals surface area (Å²) in [4.78, 5) is 18.7. The minimum Gasteiger partial charge on any atom is -0.489 e. The number of carbonyl (C=O) groups excluding carboxylic acids is 1. The summed E-state index contributed by atoms with van der Waals surface area (Å²) < 4.78 is 11.0. The molecule has 7 heteroatoms. The number of aromatic nitrogens is 1. The maximum atomic E-state index is 12.1. The van der Waals surface area contributed by atoms with Crippen LogP contribution in [0.25, 0.3) is 0 Å². The van der Waals surface area contributed by atoms with Crippen LogP contribution in [0.3, 0.4) is 0 Å². The van der Waals surface area contributed by atoms with E-state index in [2.05, 4.69) is 21.3 Å². The van der Waals surface area contributed by atoms with Gasteiger partial charge in [-0.05, 0) is 42.7 Å². The molecule has 0 radical (unpaired) electrons. The zero-order chi connectivity index (χ0) is 19.8. The number of halogens is 1. The maximum absolute atomic E-state index is 12.1. The molecule has 1 aromatic carbocycles. The molecule has 2 heterocycles. The van der Waals surface area contributed by atoms with Crippen LogP contribution >= 0.6 is 11.6 Å². The average Bonchev–Trinajstić information content (AvgIpc) is 2.72. The smallest absolute Gasteiger partial charge is 0.251 e. The predicted octanol–water partition coefficient (Wildman–Crippen LogP) is 3.15. The molecule has 1 amide bonds. The van der Waals surface area contributed by atoms with Gasteiger partial charge in [-0.3, -0.25) is 14.7 Å². The summed E-state index contributed by atoms with van der Waals surface area (Å²) in [6.07, 6.45) is 5.71. The summed E-state index contributed by atoms with van der Waals surface area (Å²) in [7, 11) is 1.60. The van der Waals surface area contributed by atoms with Gasteiger partial charge >= 0.3 is 0 Å². The zero-order valence-electron chi connectivity index (χ0n) is 16.1. The highest BCUT2D eigenvalue weighted by atomic mass is 35.5. The number of rotatable bonds is 8. The van der Waals surface area contributed by atoms with E-state index in [9.17, 15) is 4.79 Å². The molecule has 1 saturated heterocycles. The van der Waals surface area contributed by atoms with Gasteiger partial charge in [0.2, 0.25) is 0 Å². The molecule has 0 aliphatic carbocycles. The second kappa shape index (κ2) is 10.4. The third kappa shape index (κ3) is 5.92. The van der Waals surface area contributed by atoms with E-state index >= 15 is 0 Å². The molecule has 6 nitrogen and oxygen atoms in total. The van der Waals surface area contributed by atoms with Crippen molar-refractivity contribution in [3.63, 3.8) is 0 Å². The largest absolute Gasteiger partial charge is 0.489 e. The van der Waals surface area contributed by atoms with Crippen LogP contribution in [0.1, 0.15) is 28.8 Å². The van der Waals surface area contributed by atoms with Crippen molar-refractivity contribution in [3.8, 4) is 5.75 Å². The normalized spacial score (nSPS) is 15.4. The third-order valence-electron chi connectivity index (χ3n) is 4.74. The highest BCUT2D eigenvalue weighted by Gasteiger charge is 2.21. The molecule has 1 fully saturated rings. The number of amides is 1. The number of nitrogens with one attached hydrogen (secondary N) is 1. The van der Waals surface area contributed by atoms with Crippen LogP contribution in [0.5, 0.6) is 5.75 Å². The van der Waals surface area contributed by atoms with Crippen molar-refractivity contribution >= 4 is 17.5 Å². The van der Waals surface area contributed by atoms with Crippen molar-refractivity contribution in [1.82, 2.24) is 15.2 Å². The SMILES string of the molecule is COCCNC(=O)c1ccc(OC2CCN(Cc3cccnc3)CC2)c(Cl)c1. The van der Waals surface area contributed by atoms with Crippen molar-refractivity contribution in [2.75, 3.05) is 33.4 Å². The van der Waals surface area contributed by atoms with Gasteiger partial charge in [0.15, 0.2) is 0 Å². The lowest BCUT2D eigenvalue weighted by molar-refractivity contribution is 0.0935. The molecule has 1 aliphatic heterocycles. The second-order valence-electron chi connectivity index (χ2n) is 6.85. The van der Waals surface area contributed by atoms with Crippen LogP contribution in [0.2, 0.25) is 5.02 Å². The van der Waals surface area contributed by atoms with Gasteiger partial charge in [0.1, 0.15) is 11.9 Å². The van der Waals surface area contributed by atoms with Gasteiger partial charge in [0, 0.05) is 51.2 Å². The van der Waals surface area contributed by atoms with Crippen molar-refractivity contribution in [1.29, 1.82) is 0 Å². The Hall–Kier alpha value is -2.15. The molecule has 3 rings (SSSR count). The fourth-order valence-corrected chi connectivity index (χ4v) is 3.45. The van der Waals surface area contributed by atoms with Gasteiger partial charge in [0.05, 0.1) is 11.6 Å². The summed E-state index contributed by atoms with van der Waals surface area (Å²) in [5, 5.41) is 3.24. The zero-order valence-corrected chi connectivity index (χ0v) is 16.8. The molecule has 0 unspecified atom stereocenters. The van der Waals surface area contributed by atoms with Crippen LogP contribution in [0.4, 0.5) is 0 Å². The van der Waals surface area contributed by atoms with E-state index in [1.807, 2.05) is 12.3 Å². The number of carbonyl (C=O) groups is 1. The Kier molecular flexibility index (Phi) is 7.65. The van der Waals surface area contributed by atoms with Crippen molar-refractivity contribution in [3.05, 3.63) is 58.9 Å². The monoisotopic (exact) mass is 403 g/mol. The Morgan fingerprint density at radius 2 is 2.14 bits per heavy atom. The van der Waals surface area contributed by atoms with Gasteiger partial charge in [-0.15, -0.1) is 0 Å². The van der Waals surface area contributed by atoms with Crippen LogP contribution in [0.15, 0.2) is 42.7 Å². The van der Waals surface area contributed by atoms with E-state index in [1.54, 1.807) is 31.5 Å². The van der Waals surface area contributed by atoms with Crippen molar-refractivity contribution < 1.29 is 14.3 Å². The molecule has 150 valence electrons. The number of likely N-dealkylation sites (tertiary alicyclic amines) is 1. The Labute approximate surface area is 170 Å². The highest BCUT2D eigenvalue weighted by Crippen LogP contribution is 2.28. The number of methoxy groups -OCH3 is 1. The summed E-state index contributed by atoms with van der Waals surface area (Å²) >= 11 is 6.34. The summed E-state index contributed by atoms with van der Waals surface area (Å²) in [5.74, 6) is 0.454. The second-order valence-corrected chi connectivity index (χ2v) is 7.26. The number of ether oxygens (including phenoxy) is 2. The Bertz CT molecular complexity index is 765. The predicted molar refractivity (Wildman–Crippen MR) is 109 cm³/mol. The first kappa shape index (κ1) is 20.6. The van der Waals surface area contributed by atoms with E-state index in [-0.39, 0.29) is 12.0 Å². The lowest BCUT2D eigenvalue weighted by Gasteiger charge is -2.32. The fraction of sp³-hybridized carbons (Fsp3) is 0.429. The van der Waals surface area contributed by atoms with Crippen molar-refractivity contribution in [2.24, 2.45) is 0 Å². The maximum Gasteiger partial charge on any atom is 0.251 e. The van der Waals surface area contributed by atoms with Gasteiger partial charge in [-0.2, -0.15) is 0 Å². The molecule has 2 aromatic rings. The fourth-order valence-electron chi connectivity index (χ4n) is 3.22. The molecular weight excluding hydrogens is 378 g/mol. The van der Waals surface area contributed by atoms with Gasteiger partial charge < -0.3 is 14.8 Å². The van der Waals surface area contributed by atoms with Crippen LogP contribution in [-0.2, 0) is 11.3 Å². The van der Waals surface area contributed by atoms with Gasteiger partial charge in [0.25, 0.3) is 5.91 Å². The number of hydrogen-bond donors (Lipinski definition) is 1. The molecule has 1 N–H and O–H groups in total. The lowest BCUT2D eigenvalue weighted by Crippen LogP contribution is -2.37. The first-order valence-electron chi connectivity index (χ1n) is 9.50. The molecule has 0 atom stereocenters. The third-order valence-corrected chi connectivity index (χ3v) is 5.04. The average molecular weight is 404 g/mol. The first-order chi connectivity index (χ1) is 13.7.